The molecule has 0 fully saturated rings. The summed E-state index contributed by atoms with van der Waals surface area (Å²) in [6, 6.07) is 0. The van der Waals surface area contributed by atoms with Crippen molar-refractivity contribution in [2.75, 3.05) is 0 Å². The van der Waals surface area contributed by atoms with Crippen LogP contribution in [0.1, 0.15) is 27.2 Å². The number of rotatable bonds is 2. The number of hydrogen-bond donors (Lipinski definition) is 0. The van der Waals surface area contributed by atoms with Crippen LogP contribution in [0.25, 0.3) is 0 Å². The van der Waals surface area contributed by atoms with Crippen LogP contribution in [0.2, 0.25) is 0 Å². The molecular weight excluding hydrogens is 153 g/mol. The number of allylic oxidation sites excluding steroid dienone is 2. The lowest BCUT2D eigenvalue weighted by atomic mass is 10.1. The van der Waals surface area contributed by atoms with E-state index in [0.717, 1.165) is 6.92 Å². The first-order valence-corrected chi connectivity index (χ1v) is 3.58. The summed E-state index contributed by atoms with van der Waals surface area (Å²) in [5, 5.41) is 0. The number of halogens is 3. The Bertz CT molecular complexity index is 142. The van der Waals surface area contributed by atoms with Gasteiger partial charge in [0.1, 0.15) is 0 Å². The fourth-order valence-corrected chi connectivity index (χ4v) is 0.528. The molecule has 0 saturated heterocycles. The summed E-state index contributed by atoms with van der Waals surface area (Å²) in [5.41, 5.74) is -0.494. The number of alkyl halides is 3. The van der Waals surface area contributed by atoms with E-state index in [9.17, 15) is 13.2 Å². The second-order valence-corrected chi connectivity index (χ2v) is 3.01. The highest BCUT2D eigenvalue weighted by Crippen LogP contribution is 2.25. The Hall–Kier alpha value is -0.470. The van der Waals surface area contributed by atoms with E-state index >= 15 is 0 Å². The Morgan fingerprint density at radius 3 is 2.09 bits per heavy atom. The molecule has 0 aliphatic rings. The minimum absolute atomic E-state index is 0.285. The molecule has 0 atom stereocenters. The zero-order valence-corrected chi connectivity index (χ0v) is 7.00. The summed E-state index contributed by atoms with van der Waals surface area (Å²) in [7, 11) is 0. The molecule has 0 bridgehead atoms. The molecule has 0 aromatic rings. The predicted octanol–water partition coefficient (Wildman–Crippen LogP) is 3.54. The quantitative estimate of drug-likeness (QED) is 0.550. The third kappa shape index (κ3) is 4.87. The van der Waals surface area contributed by atoms with Gasteiger partial charge in [0.15, 0.2) is 0 Å². The first kappa shape index (κ1) is 10.5. The van der Waals surface area contributed by atoms with Crippen molar-refractivity contribution in [3.05, 3.63) is 11.6 Å². The summed E-state index contributed by atoms with van der Waals surface area (Å²) < 4.78 is 35.5. The van der Waals surface area contributed by atoms with Gasteiger partial charge in [-0.25, -0.2) is 0 Å². The molecule has 0 aromatic carbocycles. The van der Waals surface area contributed by atoms with E-state index in [-0.39, 0.29) is 5.92 Å². The highest BCUT2D eigenvalue weighted by Gasteiger charge is 2.29. The van der Waals surface area contributed by atoms with Crippen molar-refractivity contribution in [1.29, 1.82) is 0 Å². The zero-order chi connectivity index (χ0) is 9.07. The van der Waals surface area contributed by atoms with Crippen LogP contribution in [0, 0.1) is 5.92 Å². The second-order valence-electron chi connectivity index (χ2n) is 3.01. The molecule has 0 amide bonds. The largest absolute Gasteiger partial charge is 0.412 e. The molecule has 0 spiro atoms. The molecule has 0 aromatic heterocycles. The Morgan fingerprint density at radius 2 is 1.82 bits per heavy atom. The molecule has 3 heteroatoms. The lowest BCUT2D eigenvalue weighted by molar-refractivity contribution is -0.0916. The predicted molar refractivity (Wildman–Crippen MR) is 39.3 cm³/mol. The van der Waals surface area contributed by atoms with E-state index in [1.165, 1.54) is 6.08 Å². The van der Waals surface area contributed by atoms with Crippen LogP contribution in [0.4, 0.5) is 13.2 Å². The normalized spacial score (nSPS) is 14.3. The maximum atomic E-state index is 11.8. The highest BCUT2D eigenvalue weighted by molar-refractivity contribution is 5.04. The van der Waals surface area contributed by atoms with Crippen LogP contribution in [0.3, 0.4) is 0 Å². The molecule has 0 heterocycles. The van der Waals surface area contributed by atoms with E-state index in [1.54, 1.807) is 0 Å². The monoisotopic (exact) mass is 166 g/mol. The maximum absolute atomic E-state index is 11.8. The third-order valence-corrected chi connectivity index (χ3v) is 1.34. The lowest BCUT2D eigenvalue weighted by Crippen LogP contribution is -2.08. The molecule has 66 valence electrons. The summed E-state index contributed by atoms with van der Waals surface area (Å²) in [6.07, 6.45) is -2.41. The molecule has 0 rings (SSSR count). The van der Waals surface area contributed by atoms with Gasteiger partial charge >= 0.3 is 6.18 Å². The van der Waals surface area contributed by atoms with Gasteiger partial charge in [-0.1, -0.05) is 19.9 Å². The van der Waals surface area contributed by atoms with Crippen LogP contribution < -0.4 is 0 Å². The van der Waals surface area contributed by atoms with E-state index < -0.39 is 11.7 Å². The van der Waals surface area contributed by atoms with E-state index in [0.29, 0.717) is 6.42 Å². The molecule has 0 nitrogen and oxygen atoms in total. The first-order chi connectivity index (χ1) is 4.84. The van der Waals surface area contributed by atoms with Gasteiger partial charge in [0.25, 0.3) is 0 Å². The van der Waals surface area contributed by atoms with Crippen molar-refractivity contribution in [2.45, 2.75) is 33.4 Å². The van der Waals surface area contributed by atoms with Crippen molar-refractivity contribution in [3.8, 4) is 0 Å². The van der Waals surface area contributed by atoms with Gasteiger partial charge in [-0.3, -0.25) is 0 Å². The Balaban J connectivity index is 4.02. The van der Waals surface area contributed by atoms with Crippen molar-refractivity contribution in [3.63, 3.8) is 0 Å². The maximum Gasteiger partial charge on any atom is 0.412 e. The fourth-order valence-electron chi connectivity index (χ4n) is 0.528. The van der Waals surface area contributed by atoms with Crippen LogP contribution in [0.5, 0.6) is 0 Å². The fraction of sp³-hybridized carbons (Fsp3) is 0.750. The van der Waals surface area contributed by atoms with Crippen LogP contribution in [-0.4, -0.2) is 6.18 Å². The van der Waals surface area contributed by atoms with Gasteiger partial charge in [-0.15, -0.1) is 0 Å². The molecule has 0 radical (unpaired) electrons. The Kier molecular flexibility index (Phi) is 3.63. The first-order valence-electron chi connectivity index (χ1n) is 3.58. The topological polar surface area (TPSA) is 0 Å². The van der Waals surface area contributed by atoms with Crippen molar-refractivity contribution >= 4 is 0 Å². The summed E-state index contributed by atoms with van der Waals surface area (Å²) in [4.78, 5) is 0. The average Bonchev–Trinajstić information content (AvgIpc) is 1.80. The third-order valence-electron chi connectivity index (χ3n) is 1.34. The van der Waals surface area contributed by atoms with Gasteiger partial charge < -0.3 is 0 Å². The van der Waals surface area contributed by atoms with Crippen LogP contribution in [-0.2, 0) is 0 Å². The molecule has 0 unspecified atom stereocenters. The molecular formula is C8H13F3. The Morgan fingerprint density at radius 1 is 1.36 bits per heavy atom. The van der Waals surface area contributed by atoms with E-state index in [4.69, 9.17) is 0 Å². The molecule has 0 saturated carbocycles. The van der Waals surface area contributed by atoms with Gasteiger partial charge in [0.2, 0.25) is 0 Å². The molecule has 11 heavy (non-hydrogen) atoms. The highest BCUT2D eigenvalue weighted by atomic mass is 19.4. The van der Waals surface area contributed by atoms with E-state index in [2.05, 4.69) is 0 Å². The second kappa shape index (κ2) is 3.79. The van der Waals surface area contributed by atoms with Gasteiger partial charge in [-0.05, 0) is 19.3 Å². The molecule has 0 N–H and O–H groups in total. The molecule has 0 aliphatic heterocycles. The van der Waals surface area contributed by atoms with E-state index in [1.807, 2.05) is 13.8 Å². The smallest absolute Gasteiger partial charge is 0.167 e. The van der Waals surface area contributed by atoms with Crippen LogP contribution >= 0.6 is 0 Å². The summed E-state index contributed by atoms with van der Waals surface area (Å²) in [6.45, 7) is 4.88. The minimum atomic E-state index is -4.14. The van der Waals surface area contributed by atoms with Gasteiger partial charge in [-0.2, -0.15) is 13.2 Å². The van der Waals surface area contributed by atoms with Crippen LogP contribution in [0.15, 0.2) is 11.6 Å². The van der Waals surface area contributed by atoms with Crippen molar-refractivity contribution in [2.24, 2.45) is 5.92 Å². The summed E-state index contributed by atoms with van der Waals surface area (Å²) in [5.74, 6) is 0.285. The minimum Gasteiger partial charge on any atom is -0.167 e. The lowest BCUT2D eigenvalue weighted by Gasteiger charge is -2.06. The van der Waals surface area contributed by atoms with Crippen molar-refractivity contribution in [1.82, 2.24) is 0 Å². The Labute approximate surface area is 65.1 Å². The standard InChI is InChI=1S/C8H13F3/c1-6(2)4-5-7(3)8(9,10)11/h5-6H,4H2,1-3H3/b7-5+. The van der Waals surface area contributed by atoms with Gasteiger partial charge in [0, 0.05) is 5.57 Å². The van der Waals surface area contributed by atoms with Gasteiger partial charge in [0.05, 0.1) is 0 Å². The molecule has 0 aliphatic carbocycles. The average molecular weight is 166 g/mol. The number of hydrogen-bond acceptors (Lipinski definition) is 0. The zero-order valence-electron chi connectivity index (χ0n) is 7.00. The van der Waals surface area contributed by atoms with Crippen molar-refractivity contribution < 1.29 is 13.2 Å². The summed E-state index contributed by atoms with van der Waals surface area (Å²) >= 11 is 0. The SMILES string of the molecule is C/C(=C\CC(C)C)C(F)(F)F.